The van der Waals surface area contributed by atoms with E-state index < -0.39 is 0 Å². The predicted molar refractivity (Wildman–Crippen MR) is 80.4 cm³/mol. The summed E-state index contributed by atoms with van der Waals surface area (Å²) >= 11 is 0. The summed E-state index contributed by atoms with van der Waals surface area (Å²) in [6, 6.07) is 0. The molecule has 0 saturated heterocycles. The maximum absolute atomic E-state index is 12.3. The van der Waals surface area contributed by atoms with Gasteiger partial charge in [0, 0.05) is 31.4 Å². The summed E-state index contributed by atoms with van der Waals surface area (Å²) in [7, 11) is 0. The van der Waals surface area contributed by atoms with Gasteiger partial charge >= 0.3 is 0 Å². The van der Waals surface area contributed by atoms with E-state index in [0.29, 0.717) is 6.54 Å². The zero-order valence-corrected chi connectivity index (χ0v) is 12.6. The fourth-order valence-electron chi connectivity index (χ4n) is 2.98. The van der Waals surface area contributed by atoms with Crippen molar-refractivity contribution in [3.8, 4) is 0 Å². The molecule has 1 aromatic heterocycles. The van der Waals surface area contributed by atoms with Crippen molar-refractivity contribution < 1.29 is 4.79 Å². The van der Waals surface area contributed by atoms with Gasteiger partial charge in [0.25, 0.3) is 0 Å². The molecule has 0 spiro atoms. The first kappa shape index (κ1) is 15.1. The normalized spacial score (nSPS) is 18.1. The Bertz CT molecular complexity index is 404. The van der Waals surface area contributed by atoms with Crippen LogP contribution >= 0.6 is 0 Å². The van der Waals surface area contributed by atoms with Gasteiger partial charge in [-0.2, -0.15) is 0 Å². The van der Waals surface area contributed by atoms with E-state index >= 15 is 0 Å². The van der Waals surface area contributed by atoms with E-state index in [0.717, 1.165) is 25.2 Å². The molecule has 0 aromatic carbocycles. The number of carbonyl (C=O) groups is 1. The number of imidazole rings is 1. The van der Waals surface area contributed by atoms with Crippen molar-refractivity contribution >= 4 is 5.91 Å². The highest BCUT2D eigenvalue weighted by molar-refractivity contribution is 5.78. The smallest absolute Gasteiger partial charge is 0.223 e. The molecule has 2 rings (SSSR count). The highest BCUT2D eigenvalue weighted by atomic mass is 16.1. The second-order valence-corrected chi connectivity index (χ2v) is 5.85. The minimum Gasteiger partial charge on any atom is -0.354 e. The fraction of sp³-hybridized carbons (Fsp3) is 0.750. The van der Waals surface area contributed by atoms with E-state index in [-0.39, 0.29) is 11.8 Å². The number of hydrogen-bond donors (Lipinski definition) is 1. The zero-order chi connectivity index (χ0) is 14.2. The van der Waals surface area contributed by atoms with Crippen molar-refractivity contribution in [2.75, 3.05) is 6.54 Å². The first-order valence-electron chi connectivity index (χ1n) is 8.03. The summed E-state index contributed by atoms with van der Waals surface area (Å²) < 4.78 is 2.07. The van der Waals surface area contributed by atoms with Crippen molar-refractivity contribution in [1.29, 1.82) is 0 Å². The Hall–Kier alpha value is -1.32. The van der Waals surface area contributed by atoms with Crippen LogP contribution in [0.5, 0.6) is 0 Å². The second kappa shape index (κ2) is 8.08. The lowest BCUT2D eigenvalue weighted by atomic mass is 9.96. The lowest BCUT2D eigenvalue weighted by Gasteiger charge is -2.16. The number of nitrogens with one attached hydrogen (secondary N) is 1. The van der Waals surface area contributed by atoms with Gasteiger partial charge in [0.1, 0.15) is 5.82 Å². The number of aromatic nitrogens is 2. The molecule has 1 heterocycles. The number of hydrogen-bond acceptors (Lipinski definition) is 2. The highest BCUT2D eigenvalue weighted by Crippen LogP contribution is 2.21. The van der Waals surface area contributed by atoms with Gasteiger partial charge < -0.3 is 9.88 Å². The minimum absolute atomic E-state index is 0.233. The number of aryl methyl sites for hydroxylation is 1. The topological polar surface area (TPSA) is 46.9 Å². The number of amides is 1. The SMILES string of the molecule is Cc1nccn1CCNC(=O)C1CCCCCCCC1. The quantitative estimate of drug-likeness (QED) is 0.919. The van der Waals surface area contributed by atoms with Crippen LogP contribution in [0.1, 0.15) is 57.2 Å². The molecule has 4 nitrogen and oxygen atoms in total. The maximum atomic E-state index is 12.3. The van der Waals surface area contributed by atoms with Crippen LogP contribution in [0.25, 0.3) is 0 Å². The average molecular weight is 277 g/mol. The fourth-order valence-corrected chi connectivity index (χ4v) is 2.98. The zero-order valence-electron chi connectivity index (χ0n) is 12.6. The van der Waals surface area contributed by atoms with Crippen LogP contribution in [0.3, 0.4) is 0 Å². The Morgan fingerprint density at radius 3 is 2.50 bits per heavy atom. The van der Waals surface area contributed by atoms with Crippen LogP contribution in [0.15, 0.2) is 12.4 Å². The van der Waals surface area contributed by atoms with Crippen molar-refractivity contribution in [2.45, 2.75) is 64.8 Å². The number of nitrogens with zero attached hydrogens (tertiary/aromatic N) is 2. The van der Waals surface area contributed by atoms with Crippen LogP contribution in [0, 0.1) is 12.8 Å². The average Bonchev–Trinajstić information content (AvgIpc) is 2.89. The Kier molecular flexibility index (Phi) is 6.09. The Labute approximate surface area is 122 Å². The molecule has 4 heteroatoms. The minimum atomic E-state index is 0.233. The summed E-state index contributed by atoms with van der Waals surface area (Å²) in [4.78, 5) is 16.4. The van der Waals surface area contributed by atoms with Crippen molar-refractivity contribution in [3.63, 3.8) is 0 Å². The van der Waals surface area contributed by atoms with Gasteiger partial charge in [-0.05, 0) is 19.8 Å². The van der Waals surface area contributed by atoms with E-state index in [2.05, 4.69) is 14.9 Å². The van der Waals surface area contributed by atoms with E-state index in [1.165, 1.54) is 38.5 Å². The molecule has 20 heavy (non-hydrogen) atoms. The van der Waals surface area contributed by atoms with Crippen LogP contribution in [0.4, 0.5) is 0 Å². The maximum Gasteiger partial charge on any atom is 0.223 e. The van der Waals surface area contributed by atoms with Crippen LogP contribution in [0.2, 0.25) is 0 Å². The molecule has 1 fully saturated rings. The van der Waals surface area contributed by atoms with Gasteiger partial charge in [0.05, 0.1) is 0 Å². The molecule has 1 aromatic rings. The molecular weight excluding hydrogens is 250 g/mol. The highest BCUT2D eigenvalue weighted by Gasteiger charge is 2.18. The van der Waals surface area contributed by atoms with Gasteiger partial charge in [-0.3, -0.25) is 4.79 Å². The predicted octanol–water partition coefficient (Wildman–Crippen LogP) is 3.06. The summed E-state index contributed by atoms with van der Waals surface area (Å²) in [6.07, 6.45) is 13.6. The molecule has 0 radical (unpaired) electrons. The number of rotatable bonds is 4. The molecule has 0 bridgehead atoms. The summed E-state index contributed by atoms with van der Waals surface area (Å²) in [6.45, 7) is 3.50. The first-order chi connectivity index (χ1) is 9.77. The third-order valence-corrected chi connectivity index (χ3v) is 4.30. The summed E-state index contributed by atoms with van der Waals surface area (Å²) in [5.41, 5.74) is 0. The molecule has 0 unspecified atom stereocenters. The molecule has 1 N–H and O–H groups in total. The monoisotopic (exact) mass is 277 g/mol. The van der Waals surface area contributed by atoms with Gasteiger partial charge in [-0.15, -0.1) is 0 Å². The third kappa shape index (κ3) is 4.66. The Morgan fingerprint density at radius 2 is 1.90 bits per heavy atom. The Balaban J connectivity index is 1.73. The summed E-state index contributed by atoms with van der Waals surface area (Å²) in [5.74, 6) is 1.49. The molecule has 1 aliphatic carbocycles. The van der Waals surface area contributed by atoms with E-state index in [9.17, 15) is 4.79 Å². The second-order valence-electron chi connectivity index (χ2n) is 5.85. The molecule has 0 atom stereocenters. The third-order valence-electron chi connectivity index (χ3n) is 4.30. The van der Waals surface area contributed by atoms with E-state index in [1.807, 2.05) is 13.1 Å². The van der Waals surface area contributed by atoms with Crippen molar-refractivity contribution in [2.24, 2.45) is 5.92 Å². The molecular formula is C16H27N3O. The van der Waals surface area contributed by atoms with Crippen LogP contribution in [-0.2, 0) is 11.3 Å². The van der Waals surface area contributed by atoms with Gasteiger partial charge in [0.15, 0.2) is 0 Å². The van der Waals surface area contributed by atoms with Gasteiger partial charge in [-0.1, -0.05) is 38.5 Å². The molecule has 1 aliphatic rings. The molecule has 0 aliphatic heterocycles. The summed E-state index contributed by atoms with van der Waals surface area (Å²) in [5, 5.41) is 3.10. The van der Waals surface area contributed by atoms with Crippen LogP contribution in [-0.4, -0.2) is 22.0 Å². The van der Waals surface area contributed by atoms with Gasteiger partial charge in [-0.25, -0.2) is 4.98 Å². The molecule has 1 saturated carbocycles. The van der Waals surface area contributed by atoms with E-state index in [1.54, 1.807) is 6.20 Å². The molecule has 112 valence electrons. The van der Waals surface area contributed by atoms with E-state index in [4.69, 9.17) is 0 Å². The lowest BCUT2D eigenvalue weighted by molar-refractivity contribution is -0.125. The first-order valence-corrected chi connectivity index (χ1v) is 8.03. The lowest BCUT2D eigenvalue weighted by Crippen LogP contribution is -2.33. The Morgan fingerprint density at radius 1 is 1.25 bits per heavy atom. The largest absolute Gasteiger partial charge is 0.354 e. The van der Waals surface area contributed by atoms with Gasteiger partial charge in [0.2, 0.25) is 5.91 Å². The van der Waals surface area contributed by atoms with Crippen molar-refractivity contribution in [1.82, 2.24) is 14.9 Å². The number of carbonyl (C=O) groups excluding carboxylic acids is 1. The van der Waals surface area contributed by atoms with Crippen LogP contribution < -0.4 is 5.32 Å². The standard InChI is InChI=1S/C16H27N3O/c1-14-17-10-12-19(14)13-11-18-16(20)15-8-6-4-2-3-5-7-9-15/h10,12,15H,2-9,11,13H2,1H3,(H,18,20). The van der Waals surface area contributed by atoms with Crippen molar-refractivity contribution in [3.05, 3.63) is 18.2 Å². The molecule has 1 amide bonds.